The summed E-state index contributed by atoms with van der Waals surface area (Å²) in [7, 11) is 0. The van der Waals surface area contributed by atoms with E-state index in [9.17, 15) is 14.4 Å². The van der Waals surface area contributed by atoms with E-state index >= 15 is 0 Å². The molecule has 0 aliphatic rings. The first-order valence-electron chi connectivity index (χ1n) is 9.12. The fourth-order valence-electron chi connectivity index (χ4n) is 2.66. The normalized spacial score (nSPS) is 10.7. The van der Waals surface area contributed by atoms with Crippen LogP contribution in [0.4, 0.5) is 0 Å². The lowest BCUT2D eigenvalue weighted by atomic mass is 10.1. The summed E-state index contributed by atoms with van der Waals surface area (Å²) in [5.74, 6) is -0.846. The number of fused-ring (bicyclic) bond motifs is 1. The van der Waals surface area contributed by atoms with E-state index < -0.39 is 11.5 Å². The smallest absolute Gasteiger partial charge is 0.349 e. The van der Waals surface area contributed by atoms with Gasteiger partial charge in [0, 0.05) is 31.7 Å². The van der Waals surface area contributed by atoms with E-state index in [1.165, 1.54) is 11.0 Å². The van der Waals surface area contributed by atoms with Gasteiger partial charge in [-0.1, -0.05) is 18.2 Å². The Hall–Kier alpha value is -2.67. The van der Waals surface area contributed by atoms with Crippen LogP contribution < -0.4 is 5.63 Å². The third kappa shape index (κ3) is 5.92. The average molecular weight is 375 g/mol. The summed E-state index contributed by atoms with van der Waals surface area (Å²) in [6, 6.07) is 8.53. The molecule has 1 heterocycles. The highest BCUT2D eigenvalue weighted by Crippen LogP contribution is 2.14. The highest BCUT2D eigenvalue weighted by Gasteiger charge is 2.21. The van der Waals surface area contributed by atoms with Crippen LogP contribution >= 0.6 is 0 Å². The van der Waals surface area contributed by atoms with Gasteiger partial charge < -0.3 is 18.8 Å². The van der Waals surface area contributed by atoms with Gasteiger partial charge in [0.1, 0.15) is 11.1 Å². The molecule has 0 unspecified atom stereocenters. The monoisotopic (exact) mass is 375 g/mol. The zero-order valence-electron chi connectivity index (χ0n) is 15.7. The Morgan fingerprint density at radius 1 is 1.11 bits per heavy atom. The van der Waals surface area contributed by atoms with Crippen molar-refractivity contribution >= 4 is 22.8 Å². The predicted octanol–water partition coefficient (Wildman–Crippen LogP) is 2.62. The van der Waals surface area contributed by atoms with E-state index in [2.05, 4.69) is 0 Å². The van der Waals surface area contributed by atoms with Gasteiger partial charge in [0.05, 0.1) is 13.0 Å². The first-order valence-corrected chi connectivity index (χ1v) is 9.12. The summed E-state index contributed by atoms with van der Waals surface area (Å²) in [5.41, 5.74) is -0.313. The molecule has 1 aromatic carbocycles. The minimum atomic E-state index is -0.690. The standard InChI is InChI=1S/C20H25NO6/c1-3-25-13-7-11-21(12-10-18(22)26-4-2)19(23)16-14-15-8-5-6-9-17(15)27-20(16)24/h5-6,8-9,14H,3-4,7,10-13H2,1-2H3. The lowest BCUT2D eigenvalue weighted by molar-refractivity contribution is -0.143. The second-order valence-corrected chi connectivity index (χ2v) is 5.88. The molecule has 0 atom stereocenters. The number of nitrogens with zero attached hydrogens (tertiary/aromatic N) is 1. The first-order chi connectivity index (χ1) is 13.1. The molecule has 7 nitrogen and oxygen atoms in total. The number of benzene rings is 1. The lowest BCUT2D eigenvalue weighted by Crippen LogP contribution is -2.37. The van der Waals surface area contributed by atoms with Crippen LogP contribution in [0.15, 0.2) is 39.5 Å². The van der Waals surface area contributed by atoms with Crippen molar-refractivity contribution in [1.82, 2.24) is 4.90 Å². The van der Waals surface area contributed by atoms with E-state index in [0.29, 0.717) is 37.1 Å². The maximum atomic E-state index is 12.9. The number of carbonyl (C=O) groups excluding carboxylic acids is 2. The second kappa shape index (κ2) is 10.5. The number of rotatable bonds is 10. The Morgan fingerprint density at radius 3 is 2.63 bits per heavy atom. The van der Waals surface area contributed by atoms with Crippen LogP contribution in [0, 0.1) is 0 Å². The third-order valence-corrected chi connectivity index (χ3v) is 3.97. The predicted molar refractivity (Wildman–Crippen MR) is 101 cm³/mol. The largest absolute Gasteiger partial charge is 0.466 e. The van der Waals surface area contributed by atoms with E-state index in [4.69, 9.17) is 13.9 Å². The fourth-order valence-corrected chi connectivity index (χ4v) is 2.66. The molecule has 1 amide bonds. The van der Waals surface area contributed by atoms with Gasteiger partial charge in [-0.05, 0) is 32.4 Å². The van der Waals surface area contributed by atoms with Crippen molar-refractivity contribution in [1.29, 1.82) is 0 Å². The van der Waals surface area contributed by atoms with Gasteiger partial charge in [0.15, 0.2) is 0 Å². The number of hydrogen-bond acceptors (Lipinski definition) is 6. The molecule has 0 bridgehead atoms. The van der Waals surface area contributed by atoms with Crippen LogP contribution in [-0.4, -0.2) is 49.7 Å². The van der Waals surface area contributed by atoms with E-state index in [-0.39, 0.29) is 31.1 Å². The third-order valence-electron chi connectivity index (χ3n) is 3.97. The van der Waals surface area contributed by atoms with Crippen molar-refractivity contribution in [2.45, 2.75) is 26.7 Å². The zero-order valence-corrected chi connectivity index (χ0v) is 15.7. The van der Waals surface area contributed by atoms with Gasteiger partial charge in [-0.15, -0.1) is 0 Å². The molecule has 0 aliphatic heterocycles. The molecule has 0 saturated carbocycles. The molecule has 146 valence electrons. The Kier molecular flexibility index (Phi) is 8.00. The summed E-state index contributed by atoms with van der Waals surface area (Å²) in [6.07, 6.45) is 0.661. The molecule has 0 radical (unpaired) electrons. The maximum absolute atomic E-state index is 12.9. The number of hydrogen-bond donors (Lipinski definition) is 0. The summed E-state index contributed by atoms with van der Waals surface area (Å²) in [6.45, 7) is 5.51. The molecule has 7 heteroatoms. The molecule has 1 aromatic heterocycles. The van der Waals surface area contributed by atoms with E-state index in [0.717, 1.165) is 0 Å². The zero-order chi connectivity index (χ0) is 19.6. The number of carbonyl (C=O) groups is 2. The molecular formula is C20H25NO6. The molecular weight excluding hydrogens is 350 g/mol. The minimum absolute atomic E-state index is 0.0473. The van der Waals surface area contributed by atoms with Crippen LogP contribution in [-0.2, 0) is 14.3 Å². The van der Waals surface area contributed by atoms with Crippen molar-refractivity contribution in [3.63, 3.8) is 0 Å². The average Bonchev–Trinajstić information content (AvgIpc) is 2.66. The second-order valence-electron chi connectivity index (χ2n) is 5.88. The van der Waals surface area contributed by atoms with Gasteiger partial charge >= 0.3 is 11.6 Å². The summed E-state index contributed by atoms with van der Waals surface area (Å²) in [4.78, 5) is 38.3. The number of ether oxygens (including phenoxy) is 2. The maximum Gasteiger partial charge on any atom is 0.349 e. The van der Waals surface area contributed by atoms with Gasteiger partial charge in [-0.2, -0.15) is 0 Å². The fraction of sp³-hybridized carbons (Fsp3) is 0.450. The number of esters is 1. The lowest BCUT2D eigenvalue weighted by Gasteiger charge is -2.22. The van der Waals surface area contributed by atoms with Crippen molar-refractivity contribution in [3.05, 3.63) is 46.3 Å². The van der Waals surface area contributed by atoms with Crippen LogP contribution in [0.1, 0.15) is 37.0 Å². The summed E-state index contributed by atoms with van der Waals surface area (Å²) < 4.78 is 15.5. The molecule has 0 fully saturated rings. The molecule has 0 N–H and O–H groups in total. The van der Waals surface area contributed by atoms with Crippen molar-refractivity contribution in [2.75, 3.05) is 32.9 Å². The summed E-state index contributed by atoms with van der Waals surface area (Å²) in [5, 5.41) is 0.667. The van der Waals surface area contributed by atoms with E-state index in [1.807, 2.05) is 6.92 Å². The molecule has 0 saturated heterocycles. The molecule has 2 rings (SSSR count). The number of amides is 1. The van der Waals surface area contributed by atoms with Gasteiger partial charge in [-0.25, -0.2) is 4.79 Å². The van der Waals surface area contributed by atoms with Crippen LogP contribution in [0.25, 0.3) is 11.0 Å². The van der Waals surface area contributed by atoms with Crippen LogP contribution in [0.5, 0.6) is 0 Å². The quantitative estimate of drug-likeness (QED) is 0.360. The van der Waals surface area contributed by atoms with Crippen molar-refractivity contribution in [2.24, 2.45) is 0 Å². The Labute approximate surface area is 157 Å². The molecule has 0 aliphatic carbocycles. The van der Waals surface area contributed by atoms with Crippen LogP contribution in [0.2, 0.25) is 0 Å². The number of para-hydroxylation sites is 1. The Balaban J connectivity index is 2.19. The molecule has 2 aromatic rings. The Bertz CT molecular complexity index is 829. The van der Waals surface area contributed by atoms with Crippen molar-refractivity contribution < 1.29 is 23.5 Å². The Morgan fingerprint density at radius 2 is 1.89 bits per heavy atom. The highest BCUT2D eigenvalue weighted by atomic mass is 16.5. The first kappa shape index (κ1) is 20.6. The summed E-state index contributed by atoms with van der Waals surface area (Å²) >= 11 is 0. The van der Waals surface area contributed by atoms with Crippen LogP contribution in [0.3, 0.4) is 0 Å². The van der Waals surface area contributed by atoms with Gasteiger partial charge in [-0.3, -0.25) is 9.59 Å². The highest BCUT2D eigenvalue weighted by molar-refractivity contribution is 5.96. The van der Waals surface area contributed by atoms with Gasteiger partial charge in [0.2, 0.25) is 0 Å². The molecule has 0 spiro atoms. The molecule has 27 heavy (non-hydrogen) atoms. The van der Waals surface area contributed by atoms with Crippen molar-refractivity contribution in [3.8, 4) is 0 Å². The minimum Gasteiger partial charge on any atom is -0.466 e. The topological polar surface area (TPSA) is 86.0 Å². The van der Waals surface area contributed by atoms with Gasteiger partial charge in [0.25, 0.3) is 5.91 Å². The SMILES string of the molecule is CCOCCCN(CCC(=O)OCC)C(=O)c1cc2ccccc2oc1=O. The van der Waals surface area contributed by atoms with E-state index in [1.54, 1.807) is 31.2 Å².